The first-order valence-electron chi connectivity index (χ1n) is 9.70. The summed E-state index contributed by atoms with van der Waals surface area (Å²) < 4.78 is 5.38. The third kappa shape index (κ3) is 4.40. The van der Waals surface area contributed by atoms with E-state index < -0.39 is 0 Å². The number of carbonyl (C=O) groups is 1. The lowest BCUT2D eigenvalue weighted by Crippen LogP contribution is -2.55. The second-order valence-corrected chi connectivity index (χ2v) is 8.63. The molecule has 3 rings (SSSR count). The van der Waals surface area contributed by atoms with Gasteiger partial charge in [0.05, 0.1) is 6.54 Å². The first-order valence-corrected chi connectivity index (χ1v) is 9.70. The van der Waals surface area contributed by atoms with Gasteiger partial charge in [-0.25, -0.2) is 0 Å². The van der Waals surface area contributed by atoms with E-state index in [1.165, 1.54) is 12.8 Å². The summed E-state index contributed by atoms with van der Waals surface area (Å²) in [4.78, 5) is 21.3. The molecule has 1 atom stereocenters. The summed E-state index contributed by atoms with van der Waals surface area (Å²) in [5, 5.41) is 4.16. The average molecular weight is 348 g/mol. The number of likely N-dealkylation sites (tertiary alicyclic amines) is 2. The van der Waals surface area contributed by atoms with Crippen molar-refractivity contribution in [1.29, 1.82) is 0 Å². The molecule has 3 heterocycles. The van der Waals surface area contributed by atoms with Crippen molar-refractivity contribution in [2.45, 2.75) is 72.4 Å². The van der Waals surface area contributed by atoms with Crippen LogP contribution in [0.1, 0.15) is 65.1 Å². The van der Waals surface area contributed by atoms with Crippen LogP contribution in [0.4, 0.5) is 0 Å². The van der Waals surface area contributed by atoms with Crippen molar-refractivity contribution >= 4 is 5.91 Å². The summed E-state index contributed by atoms with van der Waals surface area (Å²) >= 11 is 0. The van der Waals surface area contributed by atoms with Crippen LogP contribution in [0.15, 0.2) is 4.52 Å². The van der Waals surface area contributed by atoms with Crippen molar-refractivity contribution in [2.75, 3.05) is 19.6 Å². The van der Waals surface area contributed by atoms with E-state index in [2.05, 4.69) is 47.6 Å². The van der Waals surface area contributed by atoms with Gasteiger partial charge in [0, 0.05) is 37.4 Å². The number of aromatic nitrogens is 2. The quantitative estimate of drug-likeness (QED) is 0.819. The molecule has 25 heavy (non-hydrogen) atoms. The van der Waals surface area contributed by atoms with E-state index in [1.54, 1.807) is 0 Å². The molecule has 1 spiro atoms. The summed E-state index contributed by atoms with van der Waals surface area (Å²) in [5.41, 5.74) is 0.237. The van der Waals surface area contributed by atoms with Crippen molar-refractivity contribution < 1.29 is 9.32 Å². The van der Waals surface area contributed by atoms with Gasteiger partial charge in [0.15, 0.2) is 5.82 Å². The number of amides is 1. The first kappa shape index (κ1) is 18.4. The minimum atomic E-state index is 0.237. The van der Waals surface area contributed by atoms with Gasteiger partial charge in [0.25, 0.3) is 0 Å². The normalized spacial score (nSPS) is 25.5. The molecule has 6 heteroatoms. The monoisotopic (exact) mass is 348 g/mol. The zero-order valence-electron chi connectivity index (χ0n) is 16.1. The topological polar surface area (TPSA) is 62.5 Å². The summed E-state index contributed by atoms with van der Waals surface area (Å²) in [6, 6.07) is 0.288. The van der Waals surface area contributed by atoms with E-state index in [1.807, 2.05) is 0 Å². The van der Waals surface area contributed by atoms with Gasteiger partial charge in [-0.2, -0.15) is 4.98 Å². The Morgan fingerprint density at radius 1 is 1.20 bits per heavy atom. The molecule has 2 saturated heterocycles. The van der Waals surface area contributed by atoms with E-state index in [-0.39, 0.29) is 11.5 Å². The second kappa shape index (κ2) is 7.44. The molecule has 0 bridgehead atoms. The Balaban J connectivity index is 1.63. The first-order chi connectivity index (χ1) is 11.9. The molecule has 6 nitrogen and oxygen atoms in total. The highest BCUT2D eigenvalue weighted by atomic mass is 16.5. The Morgan fingerprint density at radius 2 is 2.00 bits per heavy atom. The number of hydrogen-bond acceptors (Lipinski definition) is 5. The Hall–Kier alpha value is -1.43. The number of carbonyl (C=O) groups excluding carboxylic acids is 1. The zero-order valence-corrected chi connectivity index (χ0v) is 16.1. The van der Waals surface area contributed by atoms with E-state index in [4.69, 9.17) is 4.52 Å². The van der Waals surface area contributed by atoms with Crippen molar-refractivity contribution in [3.8, 4) is 0 Å². The van der Waals surface area contributed by atoms with Crippen LogP contribution in [0.5, 0.6) is 0 Å². The van der Waals surface area contributed by atoms with Gasteiger partial charge in [-0.15, -0.1) is 0 Å². The fourth-order valence-corrected chi connectivity index (χ4v) is 4.28. The summed E-state index contributed by atoms with van der Waals surface area (Å²) in [5.74, 6) is 2.37. The SMILES string of the molecule is CC(C)Cc1nc(CN2CCC[C@]3(CCC(=O)N(C(C)C)C3)C2)no1. The molecule has 0 saturated carbocycles. The van der Waals surface area contributed by atoms with Crippen LogP contribution < -0.4 is 0 Å². The van der Waals surface area contributed by atoms with Crippen molar-refractivity contribution in [2.24, 2.45) is 11.3 Å². The van der Waals surface area contributed by atoms with E-state index in [0.717, 1.165) is 50.7 Å². The van der Waals surface area contributed by atoms with E-state index in [0.29, 0.717) is 18.2 Å². The van der Waals surface area contributed by atoms with Gasteiger partial charge in [0.2, 0.25) is 11.8 Å². The van der Waals surface area contributed by atoms with Gasteiger partial charge >= 0.3 is 0 Å². The summed E-state index contributed by atoms with van der Waals surface area (Å²) in [6.07, 6.45) is 4.92. The van der Waals surface area contributed by atoms with Crippen LogP contribution in [-0.4, -0.2) is 51.5 Å². The largest absolute Gasteiger partial charge is 0.340 e. The van der Waals surface area contributed by atoms with Crippen molar-refractivity contribution in [3.63, 3.8) is 0 Å². The van der Waals surface area contributed by atoms with Gasteiger partial charge < -0.3 is 9.42 Å². The minimum absolute atomic E-state index is 0.237. The average Bonchev–Trinajstić information content (AvgIpc) is 2.96. The zero-order chi connectivity index (χ0) is 18.0. The maximum atomic E-state index is 12.2. The highest BCUT2D eigenvalue weighted by Crippen LogP contribution is 2.39. The molecule has 0 aromatic carbocycles. The van der Waals surface area contributed by atoms with Crippen LogP contribution in [0.25, 0.3) is 0 Å². The maximum absolute atomic E-state index is 12.2. The lowest BCUT2D eigenvalue weighted by atomic mass is 9.73. The molecule has 2 fully saturated rings. The Labute approximate surface area is 150 Å². The van der Waals surface area contributed by atoms with Gasteiger partial charge in [0.1, 0.15) is 0 Å². The molecule has 0 aliphatic carbocycles. The van der Waals surface area contributed by atoms with Crippen LogP contribution in [-0.2, 0) is 17.8 Å². The fraction of sp³-hybridized carbons (Fsp3) is 0.842. The third-order valence-electron chi connectivity index (χ3n) is 5.52. The Kier molecular flexibility index (Phi) is 5.46. The maximum Gasteiger partial charge on any atom is 0.226 e. The molecular weight excluding hydrogens is 316 g/mol. The summed E-state index contributed by atoms with van der Waals surface area (Å²) in [7, 11) is 0. The van der Waals surface area contributed by atoms with E-state index >= 15 is 0 Å². The van der Waals surface area contributed by atoms with Crippen LogP contribution in [0, 0.1) is 11.3 Å². The lowest BCUT2D eigenvalue weighted by molar-refractivity contribution is -0.141. The highest BCUT2D eigenvalue weighted by Gasteiger charge is 2.42. The van der Waals surface area contributed by atoms with Gasteiger partial charge in [-0.3, -0.25) is 9.69 Å². The van der Waals surface area contributed by atoms with Gasteiger partial charge in [-0.1, -0.05) is 19.0 Å². The van der Waals surface area contributed by atoms with Gasteiger partial charge in [-0.05, 0) is 45.6 Å². The number of rotatable bonds is 5. The molecule has 1 amide bonds. The molecule has 2 aliphatic heterocycles. The smallest absolute Gasteiger partial charge is 0.226 e. The molecule has 2 aliphatic rings. The molecule has 0 unspecified atom stereocenters. The predicted molar refractivity (Wildman–Crippen MR) is 95.9 cm³/mol. The fourth-order valence-electron chi connectivity index (χ4n) is 4.28. The highest BCUT2D eigenvalue weighted by molar-refractivity contribution is 5.77. The molecule has 0 N–H and O–H groups in total. The lowest BCUT2D eigenvalue weighted by Gasteiger charge is -2.49. The molecule has 140 valence electrons. The molecule has 1 aromatic rings. The molecule has 1 aromatic heterocycles. The predicted octanol–water partition coefficient (Wildman–Crippen LogP) is 2.88. The second-order valence-electron chi connectivity index (χ2n) is 8.63. The van der Waals surface area contributed by atoms with Crippen LogP contribution in [0.2, 0.25) is 0 Å². The Morgan fingerprint density at radius 3 is 2.72 bits per heavy atom. The van der Waals surface area contributed by atoms with Crippen LogP contribution in [0.3, 0.4) is 0 Å². The van der Waals surface area contributed by atoms with Crippen molar-refractivity contribution in [3.05, 3.63) is 11.7 Å². The number of piperidine rings is 2. The summed E-state index contributed by atoms with van der Waals surface area (Å²) in [6.45, 7) is 12.3. The minimum Gasteiger partial charge on any atom is -0.340 e. The van der Waals surface area contributed by atoms with Crippen molar-refractivity contribution in [1.82, 2.24) is 19.9 Å². The number of nitrogens with zero attached hydrogens (tertiary/aromatic N) is 4. The molecular formula is C19H32N4O2. The third-order valence-corrected chi connectivity index (χ3v) is 5.52. The standard InChI is InChI=1S/C19H32N4O2/c1-14(2)10-17-20-16(21-25-17)11-22-9-5-7-19(12-22)8-6-18(24)23(13-19)15(3)4/h14-15H,5-13H2,1-4H3/t19-/m0/s1. The number of hydrogen-bond donors (Lipinski definition) is 0. The van der Waals surface area contributed by atoms with E-state index in [9.17, 15) is 4.79 Å². The Bertz CT molecular complexity index is 598. The van der Waals surface area contributed by atoms with Crippen LogP contribution >= 0.6 is 0 Å². The molecule has 0 radical (unpaired) electrons.